The molecule has 2 aromatic carbocycles. The van der Waals surface area contributed by atoms with Crippen molar-refractivity contribution in [2.24, 2.45) is 0 Å². The van der Waals surface area contributed by atoms with E-state index in [1.54, 1.807) is 24.1 Å². The molecule has 2 heterocycles. The maximum absolute atomic E-state index is 13.1. The Kier molecular flexibility index (Phi) is 8.40. The molecule has 0 saturated carbocycles. The van der Waals surface area contributed by atoms with Crippen LogP contribution in [0.5, 0.6) is 0 Å². The Balaban J connectivity index is 1.37. The molecule has 4 rings (SSSR count). The fraction of sp³-hybridized carbons (Fsp3) is 0.333. The molecule has 0 aliphatic carbocycles. The van der Waals surface area contributed by atoms with Gasteiger partial charge in [-0.25, -0.2) is 0 Å². The molecule has 0 radical (unpaired) electrons. The Labute approximate surface area is 206 Å². The number of methoxy groups -OCH3 is 1. The third-order valence-corrected chi connectivity index (χ3v) is 6.09. The van der Waals surface area contributed by atoms with Gasteiger partial charge in [0.1, 0.15) is 6.54 Å². The fourth-order valence-corrected chi connectivity index (χ4v) is 4.13. The lowest BCUT2D eigenvalue weighted by Crippen LogP contribution is -2.45. The number of nitrogens with zero attached hydrogens (tertiary/aromatic N) is 5. The monoisotopic (exact) mass is 473 g/mol. The van der Waals surface area contributed by atoms with E-state index >= 15 is 0 Å². The van der Waals surface area contributed by atoms with E-state index in [2.05, 4.69) is 15.1 Å². The molecule has 1 aliphatic rings. The van der Waals surface area contributed by atoms with Crippen LogP contribution >= 0.6 is 0 Å². The van der Waals surface area contributed by atoms with Crippen LogP contribution in [0.1, 0.15) is 16.8 Å². The van der Waals surface area contributed by atoms with Gasteiger partial charge in [-0.15, -0.1) is 10.2 Å². The van der Waals surface area contributed by atoms with Crippen LogP contribution in [0, 0.1) is 0 Å². The molecule has 1 saturated heterocycles. The Bertz CT molecular complexity index is 1090. The lowest BCUT2D eigenvalue weighted by molar-refractivity contribution is -0.131. The highest BCUT2D eigenvalue weighted by molar-refractivity contribution is 5.96. The lowest BCUT2D eigenvalue weighted by atomic mass is 10.1. The molecular weight excluding hydrogens is 442 g/mol. The zero-order chi connectivity index (χ0) is 24.5. The first-order chi connectivity index (χ1) is 17.2. The van der Waals surface area contributed by atoms with Gasteiger partial charge >= 0.3 is 0 Å². The summed E-state index contributed by atoms with van der Waals surface area (Å²) in [4.78, 5) is 31.7. The fourth-order valence-electron chi connectivity index (χ4n) is 4.13. The molecule has 0 unspecified atom stereocenters. The molecule has 0 atom stereocenters. The van der Waals surface area contributed by atoms with Crippen molar-refractivity contribution in [3.63, 3.8) is 0 Å². The van der Waals surface area contributed by atoms with Gasteiger partial charge in [-0.3, -0.25) is 9.59 Å². The summed E-state index contributed by atoms with van der Waals surface area (Å²) in [5.74, 6) is 0.582. The van der Waals surface area contributed by atoms with Crippen LogP contribution in [0.3, 0.4) is 0 Å². The van der Waals surface area contributed by atoms with Gasteiger partial charge in [-0.1, -0.05) is 48.5 Å². The Hall–Kier alpha value is -3.78. The predicted molar refractivity (Wildman–Crippen MR) is 135 cm³/mol. The van der Waals surface area contributed by atoms with Crippen LogP contribution in [0.2, 0.25) is 0 Å². The minimum absolute atomic E-state index is 0.0304. The van der Waals surface area contributed by atoms with Gasteiger partial charge in [-0.05, 0) is 30.7 Å². The molecule has 1 fully saturated rings. The Morgan fingerprint density at radius 1 is 0.886 bits per heavy atom. The van der Waals surface area contributed by atoms with Crippen LogP contribution in [-0.2, 0) is 9.53 Å². The zero-order valence-electron chi connectivity index (χ0n) is 20.0. The summed E-state index contributed by atoms with van der Waals surface area (Å²) < 4.78 is 5.17. The summed E-state index contributed by atoms with van der Waals surface area (Å²) in [5.41, 5.74) is 2.43. The number of hydrogen-bond donors (Lipinski definition) is 0. The second kappa shape index (κ2) is 12.1. The van der Waals surface area contributed by atoms with Crippen molar-refractivity contribution in [1.82, 2.24) is 20.0 Å². The first-order valence-corrected chi connectivity index (χ1v) is 11.9. The van der Waals surface area contributed by atoms with Gasteiger partial charge in [0.25, 0.3) is 5.91 Å². The third-order valence-electron chi connectivity index (χ3n) is 6.09. The largest absolute Gasteiger partial charge is 0.383 e. The summed E-state index contributed by atoms with van der Waals surface area (Å²) in [6.45, 7) is 3.43. The first-order valence-electron chi connectivity index (χ1n) is 11.9. The van der Waals surface area contributed by atoms with Crippen molar-refractivity contribution < 1.29 is 14.3 Å². The number of amides is 2. The summed E-state index contributed by atoms with van der Waals surface area (Å²) in [6, 6.07) is 23.0. The number of aromatic nitrogens is 2. The van der Waals surface area contributed by atoms with E-state index < -0.39 is 0 Å². The van der Waals surface area contributed by atoms with Gasteiger partial charge in [0.15, 0.2) is 5.82 Å². The maximum Gasteiger partial charge on any atom is 0.254 e. The molecule has 0 N–H and O–H groups in total. The molecular formula is C27H31N5O3. The molecule has 8 nitrogen and oxygen atoms in total. The van der Waals surface area contributed by atoms with E-state index in [-0.39, 0.29) is 18.4 Å². The topological polar surface area (TPSA) is 78.9 Å². The lowest BCUT2D eigenvalue weighted by Gasteiger charge is -2.27. The second-order valence-electron chi connectivity index (χ2n) is 8.45. The van der Waals surface area contributed by atoms with Crippen LogP contribution in [0.25, 0.3) is 11.3 Å². The maximum atomic E-state index is 13.1. The molecule has 35 heavy (non-hydrogen) atoms. The minimum Gasteiger partial charge on any atom is -0.383 e. The number of benzene rings is 2. The van der Waals surface area contributed by atoms with Crippen molar-refractivity contribution in [3.05, 3.63) is 78.4 Å². The standard InChI is InChI=1S/C27H31N5O3/c1-35-20-19-32(27(34)23-11-6-3-7-12-23)21-26(33)31-16-8-15-30(17-18-31)25-14-13-24(28-29-25)22-9-4-2-5-10-22/h2-7,9-14H,8,15-21H2,1H3. The Morgan fingerprint density at radius 2 is 1.63 bits per heavy atom. The summed E-state index contributed by atoms with van der Waals surface area (Å²) in [7, 11) is 1.59. The van der Waals surface area contributed by atoms with Crippen molar-refractivity contribution in [1.29, 1.82) is 0 Å². The number of rotatable bonds is 8. The molecule has 2 amide bonds. The van der Waals surface area contributed by atoms with Gasteiger partial charge in [0, 0.05) is 51.0 Å². The second-order valence-corrected chi connectivity index (χ2v) is 8.45. The number of anilines is 1. The van der Waals surface area contributed by atoms with Gasteiger partial charge in [0.2, 0.25) is 5.91 Å². The van der Waals surface area contributed by atoms with Crippen molar-refractivity contribution >= 4 is 17.6 Å². The summed E-state index contributed by atoms with van der Waals surface area (Å²) >= 11 is 0. The summed E-state index contributed by atoms with van der Waals surface area (Å²) in [6.07, 6.45) is 0.818. The number of carbonyl (C=O) groups is 2. The Morgan fingerprint density at radius 3 is 2.31 bits per heavy atom. The summed E-state index contributed by atoms with van der Waals surface area (Å²) in [5, 5.41) is 8.83. The molecule has 1 aromatic heterocycles. The van der Waals surface area contributed by atoms with Gasteiger partial charge in [-0.2, -0.15) is 0 Å². The predicted octanol–water partition coefficient (Wildman–Crippen LogP) is 2.97. The first kappa shape index (κ1) is 24.3. The molecule has 0 spiro atoms. The van der Waals surface area contributed by atoms with Crippen LogP contribution in [0.4, 0.5) is 5.82 Å². The highest BCUT2D eigenvalue weighted by Crippen LogP contribution is 2.19. The highest BCUT2D eigenvalue weighted by atomic mass is 16.5. The average molecular weight is 474 g/mol. The van der Waals surface area contributed by atoms with Crippen molar-refractivity contribution in [2.45, 2.75) is 6.42 Å². The third kappa shape index (κ3) is 6.42. The number of hydrogen-bond acceptors (Lipinski definition) is 6. The number of ether oxygens (including phenoxy) is 1. The van der Waals surface area contributed by atoms with Crippen molar-refractivity contribution in [3.8, 4) is 11.3 Å². The molecule has 182 valence electrons. The van der Waals surface area contributed by atoms with E-state index in [0.717, 1.165) is 30.0 Å². The van der Waals surface area contributed by atoms with Crippen LogP contribution in [0.15, 0.2) is 72.8 Å². The quantitative estimate of drug-likeness (QED) is 0.501. The van der Waals surface area contributed by atoms with Gasteiger partial charge in [0.05, 0.1) is 12.3 Å². The van der Waals surface area contributed by atoms with E-state index in [9.17, 15) is 9.59 Å². The van der Waals surface area contributed by atoms with Gasteiger partial charge < -0.3 is 19.4 Å². The minimum atomic E-state index is -0.166. The van der Waals surface area contributed by atoms with E-state index in [0.29, 0.717) is 38.3 Å². The zero-order valence-corrected chi connectivity index (χ0v) is 20.0. The molecule has 0 bridgehead atoms. The van der Waals surface area contributed by atoms with Crippen molar-refractivity contribution in [2.75, 3.05) is 57.9 Å². The van der Waals surface area contributed by atoms with E-state index in [4.69, 9.17) is 4.74 Å². The number of carbonyl (C=O) groups excluding carboxylic acids is 2. The van der Waals surface area contributed by atoms with E-state index in [1.165, 1.54) is 0 Å². The molecule has 8 heteroatoms. The van der Waals surface area contributed by atoms with Crippen LogP contribution < -0.4 is 4.90 Å². The molecule has 3 aromatic rings. The highest BCUT2D eigenvalue weighted by Gasteiger charge is 2.24. The SMILES string of the molecule is COCCN(CC(=O)N1CCCN(c2ccc(-c3ccccc3)nn2)CC1)C(=O)c1ccccc1. The van der Waals surface area contributed by atoms with Crippen LogP contribution in [-0.4, -0.2) is 84.8 Å². The molecule has 1 aliphatic heterocycles. The van der Waals surface area contributed by atoms with E-state index in [1.807, 2.05) is 65.6 Å². The average Bonchev–Trinajstić information content (AvgIpc) is 3.18. The smallest absolute Gasteiger partial charge is 0.254 e. The normalized spacial score (nSPS) is 13.9.